The van der Waals surface area contributed by atoms with E-state index in [1.165, 1.54) is 0 Å². The highest BCUT2D eigenvalue weighted by Gasteiger charge is 2.32. The van der Waals surface area contributed by atoms with Crippen LogP contribution in [0.2, 0.25) is 0 Å². The van der Waals surface area contributed by atoms with Gasteiger partial charge in [-0.2, -0.15) is 0 Å². The second kappa shape index (κ2) is 7.60. The Kier molecular flexibility index (Phi) is 4.74. The van der Waals surface area contributed by atoms with Crippen LogP contribution in [0.15, 0.2) is 48.5 Å². The van der Waals surface area contributed by atoms with Crippen molar-refractivity contribution in [1.82, 2.24) is 5.06 Å². The highest BCUT2D eigenvalue weighted by molar-refractivity contribution is 6.28. The van der Waals surface area contributed by atoms with Crippen molar-refractivity contribution in [2.45, 2.75) is 26.2 Å². The molecule has 1 saturated heterocycles. The van der Waals surface area contributed by atoms with E-state index in [0.29, 0.717) is 10.6 Å². The smallest absolute Gasteiger partial charge is 0.334 e. The first-order valence-corrected chi connectivity index (χ1v) is 10.5. The third kappa shape index (κ3) is 3.22. The van der Waals surface area contributed by atoms with Gasteiger partial charge in [0.15, 0.2) is 5.78 Å². The number of hydroxylamine groups is 2. The largest absolute Gasteiger partial charge is 0.384 e. The van der Waals surface area contributed by atoms with Crippen LogP contribution >= 0.6 is 0 Å². The maximum atomic E-state index is 12.1. The van der Waals surface area contributed by atoms with Gasteiger partial charge in [-0.3, -0.25) is 14.4 Å². The first-order chi connectivity index (χ1) is 15.4. The molecule has 0 bridgehead atoms. The summed E-state index contributed by atoms with van der Waals surface area (Å²) in [6, 6.07) is 15.8. The van der Waals surface area contributed by atoms with E-state index < -0.39 is 17.8 Å². The van der Waals surface area contributed by atoms with Crippen molar-refractivity contribution in [3.05, 3.63) is 54.1 Å². The van der Waals surface area contributed by atoms with E-state index >= 15 is 0 Å². The highest BCUT2D eigenvalue weighted by atomic mass is 16.7. The molecule has 4 aromatic carbocycles. The quantitative estimate of drug-likeness (QED) is 0.281. The van der Waals surface area contributed by atoms with Crippen molar-refractivity contribution < 1.29 is 24.0 Å². The molecule has 2 amide bonds. The van der Waals surface area contributed by atoms with Gasteiger partial charge in [0, 0.05) is 36.0 Å². The van der Waals surface area contributed by atoms with Crippen molar-refractivity contribution in [3.8, 4) is 0 Å². The highest BCUT2D eigenvalue weighted by Crippen LogP contribution is 2.39. The molecule has 0 atom stereocenters. The number of benzene rings is 4. The maximum Gasteiger partial charge on any atom is 0.334 e. The second-order valence-electron chi connectivity index (χ2n) is 7.93. The van der Waals surface area contributed by atoms with Gasteiger partial charge in [0.2, 0.25) is 0 Å². The number of amides is 2. The Balaban J connectivity index is 1.42. The molecule has 5 rings (SSSR count). The molecule has 0 spiro atoms. The van der Waals surface area contributed by atoms with Crippen LogP contribution in [0.25, 0.3) is 32.3 Å². The van der Waals surface area contributed by atoms with Crippen LogP contribution in [0.1, 0.15) is 36.5 Å². The lowest BCUT2D eigenvalue weighted by atomic mass is 9.90. The fraction of sp³-hybridized carbons (Fsp3) is 0.200. The van der Waals surface area contributed by atoms with Crippen LogP contribution in [0.4, 0.5) is 5.69 Å². The number of carbonyl (C=O) groups is 4. The van der Waals surface area contributed by atoms with Gasteiger partial charge in [0.05, 0.1) is 6.42 Å². The summed E-state index contributed by atoms with van der Waals surface area (Å²) in [5.41, 5.74) is 1.54. The van der Waals surface area contributed by atoms with Gasteiger partial charge in [-0.25, -0.2) is 4.79 Å². The van der Waals surface area contributed by atoms with E-state index in [2.05, 4.69) is 5.32 Å². The lowest BCUT2D eigenvalue weighted by Crippen LogP contribution is -2.32. The predicted molar refractivity (Wildman–Crippen MR) is 120 cm³/mol. The summed E-state index contributed by atoms with van der Waals surface area (Å²) in [5, 5.41) is 9.96. The van der Waals surface area contributed by atoms with Crippen LogP contribution in [-0.4, -0.2) is 35.2 Å². The molecule has 0 aromatic heterocycles. The molecule has 4 aromatic rings. The van der Waals surface area contributed by atoms with E-state index in [-0.39, 0.29) is 31.6 Å². The summed E-state index contributed by atoms with van der Waals surface area (Å²) in [6.45, 7) is 1.85. The number of imide groups is 1. The number of nitrogens with one attached hydrogen (secondary N) is 1. The van der Waals surface area contributed by atoms with Crippen LogP contribution in [0, 0.1) is 0 Å². The minimum Gasteiger partial charge on any atom is -0.384 e. The molecule has 1 heterocycles. The fourth-order valence-corrected chi connectivity index (χ4v) is 4.37. The molecule has 0 aliphatic carbocycles. The molecule has 160 valence electrons. The van der Waals surface area contributed by atoms with E-state index in [0.717, 1.165) is 38.0 Å². The van der Waals surface area contributed by atoms with Gasteiger partial charge >= 0.3 is 5.97 Å². The summed E-state index contributed by atoms with van der Waals surface area (Å²) < 4.78 is 0. The standard InChI is InChI=1S/C25H20N2O5/c1-14(28)17-6-2-15-4-8-19-20(9-5-16-3-7-18(17)24(15)25(16)19)26-13-12-23(31)32-27-21(29)10-11-22(27)30/h2-9,26H,10-13H2,1H3. The second-order valence-corrected chi connectivity index (χ2v) is 7.93. The molecule has 1 fully saturated rings. The SMILES string of the molecule is CC(=O)c1ccc2ccc3c(NCCC(=O)ON4C(=O)CCC4=O)ccc4ccc1c2c43. The average molecular weight is 428 g/mol. The Bertz CT molecular complexity index is 1410. The molecule has 0 saturated carbocycles. The molecule has 7 heteroatoms. The molecule has 1 N–H and O–H groups in total. The van der Waals surface area contributed by atoms with Crippen molar-refractivity contribution in [2.24, 2.45) is 0 Å². The average Bonchev–Trinajstić information content (AvgIpc) is 3.09. The third-order valence-corrected chi connectivity index (χ3v) is 5.89. The molecule has 1 aliphatic rings. The molecule has 32 heavy (non-hydrogen) atoms. The Hall–Kier alpha value is -4.00. The number of hydrogen-bond donors (Lipinski definition) is 1. The number of hydrogen-bond acceptors (Lipinski definition) is 6. The van der Waals surface area contributed by atoms with Crippen LogP contribution < -0.4 is 5.32 Å². The summed E-state index contributed by atoms with van der Waals surface area (Å²) in [6.07, 6.45) is 0.129. The summed E-state index contributed by atoms with van der Waals surface area (Å²) >= 11 is 0. The van der Waals surface area contributed by atoms with E-state index in [4.69, 9.17) is 4.84 Å². The minimum absolute atomic E-state index is 0.00643. The third-order valence-electron chi connectivity index (χ3n) is 5.89. The van der Waals surface area contributed by atoms with Crippen molar-refractivity contribution in [3.63, 3.8) is 0 Å². The summed E-state index contributed by atoms with van der Waals surface area (Å²) in [5.74, 6) is -1.61. The van der Waals surface area contributed by atoms with Gasteiger partial charge in [-0.15, -0.1) is 5.06 Å². The summed E-state index contributed by atoms with van der Waals surface area (Å²) in [4.78, 5) is 52.3. The van der Waals surface area contributed by atoms with Crippen molar-refractivity contribution in [1.29, 1.82) is 0 Å². The molecule has 7 nitrogen and oxygen atoms in total. The first-order valence-electron chi connectivity index (χ1n) is 10.5. The van der Waals surface area contributed by atoms with E-state index in [1.54, 1.807) is 6.92 Å². The van der Waals surface area contributed by atoms with Gasteiger partial charge in [-0.1, -0.05) is 42.5 Å². The first kappa shape index (κ1) is 19.9. The zero-order valence-electron chi connectivity index (χ0n) is 17.4. The van der Waals surface area contributed by atoms with Crippen LogP contribution in [0.3, 0.4) is 0 Å². The number of nitrogens with zero attached hydrogens (tertiary/aromatic N) is 1. The zero-order valence-corrected chi connectivity index (χ0v) is 17.4. The lowest BCUT2D eigenvalue weighted by Gasteiger charge is -2.16. The van der Waals surface area contributed by atoms with Crippen molar-refractivity contribution in [2.75, 3.05) is 11.9 Å². The number of ketones is 1. The Labute approximate surface area is 183 Å². The lowest BCUT2D eigenvalue weighted by molar-refractivity contribution is -0.197. The van der Waals surface area contributed by atoms with Gasteiger partial charge < -0.3 is 10.2 Å². The number of anilines is 1. The molecule has 0 radical (unpaired) electrons. The minimum atomic E-state index is -0.648. The fourth-order valence-electron chi connectivity index (χ4n) is 4.37. The van der Waals surface area contributed by atoms with Gasteiger partial charge in [0.1, 0.15) is 0 Å². The predicted octanol–water partition coefficient (Wildman–Crippen LogP) is 4.20. The van der Waals surface area contributed by atoms with Crippen LogP contribution in [-0.2, 0) is 19.2 Å². The monoisotopic (exact) mass is 428 g/mol. The number of carbonyl (C=O) groups excluding carboxylic acids is 4. The molecular weight excluding hydrogens is 408 g/mol. The number of rotatable bonds is 6. The normalized spacial score (nSPS) is 14.1. The van der Waals surface area contributed by atoms with Crippen LogP contribution in [0.5, 0.6) is 0 Å². The topological polar surface area (TPSA) is 92.8 Å². The van der Waals surface area contributed by atoms with Crippen molar-refractivity contribution >= 4 is 61.6 Å². The van der Waals surface area contributed by atoms with E-state index in [9.17, 15) is 19.2 Å². The Morgan fingerprint density at radius 3 is 2.16 bits per heavy atom. The summed E-state index contributed by atoms with van der Waals surface area (Å²) in [7, 11) is 0. The maximum absolute atomic E-state index is 12.1. The zero-order chi connectivity index (χ0) is 22.4. The van der Waals surface area contributed by atoms with Gasteiger partial charge in [0.25, 0.3) is 11.8 Å². The van der Waals surface area contributed by atoms with Gasteiger partial charge in [-0.05, 0) is 39.9 Å². The molecule has 1 aliphatic heterocycles. The Morgan fingerprint density at radius 1 is 0.875 bits per heavy atom. The molecular formula is C25H20N2O5. The Morgan fingerprint density at radius 2 is 1.47 bits per heavy atom. The molecule has 0 unspecified atom stereocenters. The number of Topliss-reactive ketones (excluding diaryl/α,β-unsaturated/α-hetero) is 1. The van der Waals surface area contributed by atoms with E-state index in [1.807, 2.05) is 48.5 Å².